The molecule has 10 nitrogen and oxygen atoms in total. The van der Waals surface area contributed by atoms with Gasteiger partial charge in [-0.15, -0.1) is 0 Å². The highest BCUT2D eigenvalue weighted by Gasteiger charge is 2.48. The molecule has 2 N–H and O–H groups in total. The quantitative estimate of drug-likeness (QED) is 0.409. The maximum Gasteiger partial charge on any atom is 0.410 e. The van der Waals surface area contributed by atoms with E-state index in [-0.39, 0.29) is 16.8 Å². The molecule has 2 atom stereocenters. The van der Waals surface area contributed by atoms with Gasteiger partial charge >= 0.3 is 12.1 Å². The van der Waals surface area contributed by atoms with E-state index in [0.29, 0.717) is 19.4 Å². The van der Waals surface area contributed by atoms with Crippen LogP contribution in [0.4, 0.5) is 4.79 Å². The zero-order valence-corrected chi connectivity index (χ0v) is 24.4. The SMILES string of the molecule is COC(=O)c1nc(C2(N(C)C(=O)OC(C)(C)C)CCCC(CO[Si](C)(C)C(C)(C)C)C2)[nH]c(=O)c1O. The number of hydrogen-bond donors (Lipinski definition) is 2. The predicted octanol–water partition coefficient (Wildman–Crippen LogP) is 4.54. The number of esters is 1. The Morgan fingerprint density at radius 1 is 1.22 bits per heavy atom. The lowest BCUT2D eigenvalue weighted by atomic mass is 9.74. The molecule has 1 aromatic rings. The van der Waals surface area contributed by atoms with E-state index in [9.17, 15) is 19.5 Å². The Bertz CT molecular complexity index is 1030. The second-order valence-corrected chi connectivity index (χ2v) is 17.0. The van der Waals surface area contributed by atoms with Crippen molar-refractivity contribution in [3.8, 4) is 5.75 Å². The van der Waals surface area contributed by atoms with Gasteiger partial charge in [0.15, 0.2) is 14.0 Å². The molecule has 0 radical (unpaired) electrons. The summed E-state index contributed by atoms with van der Waals surface area (Å²) in [5.41, 5.74) is -3.19. The molecule has 1 aliphatic carbocycles. The molecule has 1 saturated carbocycles. The lowest BCUT2D eigenvalue weighted by Crippen LogP contribution is -2.53. The van der Waals surface area contributed by atoms with Gasteiger partial charge in [0.1, 0.15) is 17.0 Å². The summed E-state index contributed by atoms with van der Waals surface area (Å²) in [5, 5.41) is 10.2. The molecule has 0 saturated heterocycles. The minimum atomic E-state index is -2.01. The number of nitrogens with one attached hydrogen (secondary N) is 1. The van der Waals surface area contributed by atoms with Gasteiger partial charge in [0.2, 0.25) is 5.75 Å². The van der Waals surface area contributed by atoms with Gasteiger partial charge in [-0.3, -0.25) is 9.69 Å². The molecule has 0 spiro atoms. The molecule has 11 heteroatoms. The molecule has 1 aromatic heterocycles. The first-order chi connectivity index (χ1) is 16.3. The van der Waals surface area contributed by atoms with Crippen molar-refractivity contribution in [1.82, 2.24) is 14.9 Å². The summed E-state index contributed by atoms with van der Waals surface area (Å²) < 4.78 is 16.9. The number of aromatic amines is 1. The van der Waals surface area contributed by atoms with Gasteiger partial charge in [0.05, 0.1) is 7.11 Å². The molecule has 1 aliphatic rings. The standard InChI is InChI=1S/C25H43N3O7Si/c1-23(2,3)35-22(32)28(7)25(21-26-17(20(31)33-8)18(29)19(30)27-21)13-11-12-16(14-25)15-34-36(9,10)24(4,5)6/h16,29H,11-15H2,1-10H3,(H,26,27,30). The summed E-state index contributed by atoms with van der Waals surface area (Å²) >= 11 is 0. The number of hydrogen-bond acceptors (Lipinski definition) is 8. The maximum atomic E-state index is 13.2. The second-order valence-electron chi connectivity index (χ2n) is 12.2. The molecule has 0 bridgehead atoms. The van der Waals surface area contributed by atoms with Crippen LogP contribution in [0.1, 0.15) is 83.5 Å². The Balaban J connectivity index is 2.56. The van der Waals surface area contributed by atoms with Crippen LogP contribution in [-0.4, -0.2) is 66.7 Å². The predicted molar refractivity (Wildman–Crippen MR) is 139 cm³/mol. The number of amides is 1. The van der Waals surface area contributed by atoms with E-state index in [1.807, 2.05) is 0 Å². The monoisotopic (exact) mass is 525 g/mol. The van der Waals surface area contributed by atoms with E-state index >= 15 is 0 Å². The van der Waals surface area contributed by atoms with Crippen LogP contribution < -0.4 is 5.56 Å². The molecular weight excluding hydrogens is 482 g/mol. The van der Waals surface area contributed by atoms with Crippen molar-refractivity contribution in [2.75, 3.05) is 20.8 Å². The lowest BCUT2D eigenvalue weighted by Gasteiger charge is -2.47. The van der Waals surface area contributed by atoms with Crippen molar-refractivity contribution < 1.29 is 28.6 Å². The Kier molecular flexibility index (Phi) is 8.72. The molecule has 0 aromatic carbocycles. The van der Waals surface area contributed by atoms with Gasteiger partial charge < -0.3 is 24.0 Å². The van der Waals surface area contributed by atoms with Crippen LogP contribution in [0.25, 0.3) is 0 Å². The van der Waals surface area contributed by atoms with E-state index in [0.717, 1.165) is 20.0 Å². The molecule has 36 heavy (non-hydrogen) atoms. The summed E-state index contributed by atoms with van der Waals surface area (Å²) in [4.78, 5) is 46.5. The number of H-pyrrole nitrogens is 1. The van der Waals surface area contributed by atoms with E-state index in [1.165, 1.54) is 4.90 Å². The smallest absolute Gasteiger partial charge is 0.410 e. The zero-order valence-electron chi connectivity index (χ0n) is 23.4. The highest BCUT2D eigenvalue weighted by atomic mass is 28.4. The Labute approximate surface area is 214 Å². The highest BCUT2D eigenvalue weighted by Crippen LogP contribution is 2.45. The van der Waals surface area contributed by atoms with Gasteiger partial charge in [-0.2, -0.15) is 0 Å². The number of carbonyl (C=O) groups excluding carboxylic acids is 2. The molecule has 204 valence electrons. The third-order valence-corrected chi connectivity index (χ3v) is 11.8. The van der Waals surface area contributed by atoms with Gasteiger partial charge in [0, 0.05) is 13.7 Å². The van der Waals surface area contributed by atoms with Crippen LogP contribution in [0.2, 0.25) is 18.1 Å². The van der Waals surface area contributed by atoms with Crippen molar-refractivity contribution in [2.45, 2.75) is 96.5 Å². The van der Waals surface area contributed by atoms with Crippen LogP contribution in [0.15, 0.2) is 4.79 Å². The highest BCUT2D eigenvalue weighted by molar-refractivity contribution is 6.74. The molecule has 1 amide bonds. The zero-order chi connectivity index (χ0) is 27.7. The number of aromatic hydroxyl groups is 1. The third kappa shape index (κ3) is 6.47. The maximum absolute atomic E-state index is 13.2. The second kappa shape index (κ2) is 10.5. The normalized spacial score (nSPS) is 21.1. The summed E-state index contributed by atoms with van der Waals surface area (Å²) in [6, 6.07) is 0. The van der Waals surface area contributed by atoms with Crippen molar-refractivity contribution in [3.05, 3.63) is 21.9 Å². The lowest BCUT2D eigenvalue weighted by molar-refractivity contribution is -0.0189. The van der Waals surface area contributed by atoms with Crippen molar-refractivity contribution in [2.24, 2.45) is 5.92 Å². The van der Waals surface area contributed by atoms with Gasteiger partial charge in [0.25, 0.3) is 5.56 Å². The molecule has 1 fully saturated rings. The fourth-order valence-corrected chi connectivity index (χ4v) is 5.25. The molecule has 1 heterocycles. The summed E-state index contributed by atoms with van der Waals surface area (Å²) in [6.07, 6.45) is 1.95. The first-order valence-electron chi connectivity index (χ1n) is 12.4. The minimum Gasteiger partial charge on any atom is -0.501 e. The topological polar surface area (TPSA) is 131 Å². The molecule has 2 unspecified atom stereocenters. The fraction of sp³-hybridized carbons (Fsp3) is 0.760. The van der Waals surface area contributed by atoms with Crippen LogP contribution in [-0.2, 0) is 19.4 Å². The summed E-state index contributed by atoms with van der Waals surface area (Å²) in [5.74, 6) is -1.59. The number of nitrogens with zero attached hydrogens (tertiary/aromatic N) is 2. The van der Waals surface area contributed by atoms with Gasteiger partial charge in [-0.25, -0.2) is 14.6 Å². The average molecular weight is 526 g/mol. The van der Waals surface area contributed by atoms with Crippen molar-refractivity contribution >= 4 is 20.4 Å². The average Bonchev–Trinajstić information content (AvgIpc) is 2.76. The first kappa shape index (κ1) is 29.8. The number of ether oxygens (including phenoxy) is 2. The number of aromatic nitrogens is 2. The van der Waals surface area contributed by atoms with Crippen LogP contribution in [0, 0.1) is 5.92 Å². The minimum absolute atomic E-state index is 0.0469. The van der Waals surface area contributed by atoms with Crippen LogP contribution >= 0.6 is 0 Å². The van der Waals surface area contributed by atoms with E-state index in [2.05, 4.69) is 43.8 Å². The molecule has 0 aliphatic heterocycles. The van der Waals surface area contributed by atoms with Crippen molar-refractivity contribution in [3.63, 3.8) is 0 Å². The largest absolute Gasteiger partial charge is 0.501 e. The van der Waals surface area contributed by atoms with Crippen LogP contribution in [0.5, 0.6) is 5.75 Å². The third-order valence-electron chi connectivity index (χ3n) is 7.34. The van der Waals surface area contributed by atoms with Crippen LogP contribution in [0.3, 0.4) is 0 Å². The van der Waals surface area contributed by atoms with Crippen molar-refractivity contribution in [1.29, 1.82) is 0 Å². The molecular formula is C25H43N3O7Si. The summed E-state index contributed by atoms with van der Waals surface area (Å²) in [6.45, 7) is 16.8. The van der Waals surface area contributed by atoms with Gasteiger partial charge in [-0.1, -0.05) is 27.2 Å². The number of methoxy groups -OCH3 is 1. The Hall–Kier alpha value is -2.40. The number of carbonyl (C=O) groups is 2. The van der Waals surface area contributed by atoms with Gasteiger partial charge in [-0.05, 0) is 64.1 Å². The summed E-state index contributed by atoms with van der Waals surface area (Å²) in [7, 11) is 0.734. The van der Waals surface area contributed by atoms with E-state index in [4.69, 9.17) is 13.9 Å². The first-order valence-corrected chi connectivity index (χ1v) is 15.3. The Morgan fingerprint density at radius 2 is 1.83 bits per heavy atom. The van der Waals surface area contributed by atoms with E-state index in [1.54, 1.807) is 27.8 Å². The van der Waals surface area contributed by atoms with E-state index < -0.39 is 48.5 Å². The number of rotatable bonds is 6. The molecule has 2 rings (SSSR count). The Morgan fingerprint density at radius 3 is 2.36 bits per heavy atom. The fourth-order valence-electron chi connectivity index (χ4n) is 4.16.